The number of nitriles is 1. The summed E-state index contributed by atoms with van der Waals surface area (Å²) < 4.78 is 5.59. The first kappa shape index (κ1) is 16.2. The lowest BCUT2D eigenvalue weighted by Gasteiger charge is -2.15. The molecule has 1 aromatic carbocycles. The highest BCUT2D eigenvalue weighted by molar-refractivity contribution is 5.92. The number of benzene rings is 1. The van der Waals surface area contributed by atoms with Gasteiger partial charge in [0.15, 0.2) is 0 Å². The number of carbonyl (C=O) groups excluding carboxylic acids is 1. The average Bonchev–Trinajstić information content (AvgIpc) is 2.38. The van der Waals surface area contributed by atoms with Crippen LogP contribution in [0.1, 0.15) is 39.2 Å². The molecular weight excluding hydrogens is 252 g/mol. The standard InChI is InChI=1S/C16H22N2O2/c1-12(2)10-13(3)20-9-8-16(19)18-15-7-5-4-6-14(15)11-17/h4-7,12-13H,8-10H2,1-3H3,(H,18,19). The number of amides is 1. The Morgan fingerprint density at radius 3 is 2.70 bits per heavy atom. The summed E-state index contributed by atoms with van der Waals surface area (Å²) in [6.45, 7) is 6.70. The molecule has 1 amide bonds. The molecule has 0 fully saturated rings. The van der Waals surface area contributed by atoms with Crippen LogP contribution in [0.15, 0.2) is 24.3 Å². The van der Waals surface area contributed by atoms with Gasteiger partial charge in [0, 0.05) is 0 Å². The van der Waals surface area contributed by atoms with Gasteiger partial charge in [0.05, 0.1) is 30.4 Å². The molecule has 0 aliphatic heterocycles. The highest BCUT2D eigenvalue weighted by Crippen LogP contribution is 2.14. The summed E-state index contributed by atoms with van der Waals surface area (Å²) in [5.74, 6) is 0.450. The predicted molar refractivity (Wildman–Crippen MR) is 79.3 cm³/mol. The zero-order chi connectivity index (χ0) is 15.0. The number of para-hydroxylation sites is 1. The molecule has 0 heterocycles. The monoisotopic (exact) mass is 274 g/mol. The summed E-state index contributed by atoms with van der Waals surface area (Å²) in [4.78, 5) is 11.8. The molecule has 20 heavy (non-hydrogen) atoms. The molecule has 0 aliphatic rings. The molecule has 0 saturated carbocycles. The van der Waals surface area contributed by atoms with Crippen LogP contribution in [-0.4, -0.2) is 18.6 Å². The fraction of sp³-hybridized carbons (Fsp3) is 0.500. The van der Waals surface area contributed by atoms with Gasteiger partial charge >= 0.3 is 0 Å². The Bertz CT molecular complexity index is 478. The van der Waals surface area contributed by atoms with E-state index in [4.69, 9.17) is 10.00 Å². The molecule has 1 N–H and O–H groups in total. The Morgan fingerprint density at radius 2 is 2.05 bits per heavy atom. The molecule has 4 nitrogen and oxygen atoms in total. The first-order valence-electron chi connectivity index (χ1n) is 6.93. The van der Waals surface area contributed by atoms with Crippen LogP contribution in [0.3, 0.4) is 0 Å². The minimum absolute atomic E-state index is 0.135. The summed E-state index contributed by atoms with van der Waals surface area (Å²) >= 11 is 0. The Kier molecular flexibility index (Phi) is 6.75. The lowest BCUT2D eigenvalue weighted by Crippen LogP contribution is -2.18. The molecule has 0 spiro atoms. The molecule has 1 atom stereocenters. The summed E-state index contributed by atoms with van der Waals surface area (Å²) in [6, 6.07) is 9.01. The normalized spacial score (nSPS) is 11.9. The fourth-order valence-electron chi connectivity index (χ4n) is 1.99. The first-order valence-corrected chi connectivity index (χ1v) is 6.93. The second-order valence-corrected chi connectivity index (χ2v) is 5.27. The smallest absolute Gasteiger partial charge is 0.226 e. The van der Waals surface area contributed by atoms with E-state index in [2.05, 4.69) is 25.2 Å². The first-order chi connectivity index (χ1) is 9.52. The van der Waals surface area contributed by atoms with Crippen molar-refractivity contribution in [2.45, 2.75) is 39.7 Å². The van der Waals surface area contributed by atoms with Crippen molar-refractivity contribution in [1.29, 1.82) is 5.26 Å². The number of ether oxygens (including phenoxy) is 1. The molecule has 0 saturated heterocycles. The van der Waals surface area contributed by atoms with E-state index in [0.29, 0.717) is 30.2 Å². The van der Waals surface area contributed by atoms with Gasteiger partial charge in [-0.3, -0.25) is 4.79 Å². The molecule has 1 aromatic rings. The largest absolute Gasteiger partial charge is 0.378 e. The SMILES string of the molecule is CC(C)CC(C)OCCC(=O)Nc1ccccc1C#N. The number of anilines is 1. The molecule has 108 valence electrons. The van der Waals surface area contributed by atoms with Crippen molar-refractivity contribution in [3.8, 4) is 6.07 Å². The zero-order valence-electron chi connectivity index (χ0n) is 12.3. The highest BCUT2D eigenvalue weighted by atomic mass is 16.5. The van der Waals surface area contributed by atoms with Crippen LogP contribution in [0, 0.1) is 17.2 Å². The fourth-order valence-corrected chi connectivity index (χ4v) is 1.99. The molecule has 0 aromatic heterocycles. The van der Waals surface area contributed by atoms with Gasteiger partial charge in [-0.2, -0.15) is 5.26 Å². The second kappa shape index (κ2) is 8.34. The third-order valence-corrected chi connectivity index (χ3v) is 2.86. The number of nitrogens with one attached hydrogen (secondary N) is 1. The lowest BCUT2D eigenvalue weighted by molar-refractivity contribution is -0.117. The number of hydrogen-bond acceptors (Lipinski definition) is 3. The quantitative estimate of drug-likeness (QED) is 0.829. The molecule has 4 heteroatoms. The topological polar surface area (TPSA) is 62.1 Å². The third kappa shape index (κ3) is 5.85. The Hall–Kier alpha value is -1.86. The molecular formula is C16H22N2O2. The summed E-state index contributed by atoms with van der Waals surface area (Å²) in [5, 5.41) is 11.7. The predicted octanol–water partition coefficient (Wildman–Crippen LogP) is 3.34. The van der Waals surface area contributed by atoms with E-state index in [9.17, 15) is 4.79 Å². The minimum Gasteiger partial charge on any atom is -0.378 e. The van der Waals surface area contributed by atoms with Gasteiger partial charge in [-0.15, -0.1) is 0 Å². The number of nitrogens with zero attached hydrogens (tertiary/aromatic N) is 1. The molecule has 0 bridgehead atoms. The van der Waals surface area contributed by atoms with E-state index in [1.165, 1.54) is 0 Å². The number of carbonyl (C=O) groups is 1. The van der Waals surface area contributed by atoms with E-state index in [1.807, 2.05) is 6.92 Å². The van der Waals surface area contributed by atoms with Crippen LogP contribution >= 0.6 is 0 Å². The van der Waals surface area contributed by atoms with Crippen LogP contribution < -0.4 is 5.32 Å². The maximum atomic E-state index is 11.8. The Morgan fingerprint density at radius 1 is 1.35 bits per heavy atom. The van der Waals surface area contributed by atoms with Crippen LogP contribution in [-0.2, 0) is 9.53 Å². The minimum atomic E-state index is -0.135. The van der Waals surface area contributed by atoms with Crippen molar-refractivity contribution in [2.75, 3.05) is 11.9 Å². The maximum absolute atomic E-state index is 11.8. The maximum Gasteiger partial charge on any atom is 0.226 e. The van der Waals surface area contributed by atoms with Crippen LogP contribution in [0.5, 0.6) is 0 Å². The second-order valence-electron chi connectivity index (χ2n) is 5.27. The van der Waals surface area contributed by atoms with Crippen molar-refractivity contribution in [3.05, 3.63) is 29.8 Å². The highest BCUT2D eigenvalue weighted by Gasteiger charge is 2.09. The molecule has 0 aliphatic carbocycles. The zero-order valence-corrected chi connectivity index (χ0v) is 12.3. The molecule has 0 radical (unpaired) electrons. The molecule has 1 unspecified atom stereocenters. The van der Waals surface area contributed by atoms with E-state index in [1.54, 1.807) is 24.3 Å². The molecule has 1 rings (SSSR count). The average molecular weight is 274 g/mol. The summed E-state index contributed by atoms with van der Waals surface area (Å²) in [6.07, 6.45) is 1.44. The van der Waals surface area contributed by atoms with Crippen molar-refractivity contribution in [1.82, 2.24) is 0 Å². The van der Waals surface area contributed by atoms with Gasteiger partial charge < -0.3 is 10.1 Å². The Balaban J connectivity index is 2.36. The van der Waals surface area contributed by atoms with E-state index in [0.717, 1.165) is 6.42 Å². The van der Waals surface area contributed by atoms with Crippen molar-refractivity contribution < 1.29 is 9.53 Å². The van der Waals surface area contributed by atoms with Crippen molar-refractivity contribution in [2.24, 2.45) is 5.92 Å². The van der Waals surface area contributed by atoms with Crippen LogP contribution in [0.4, 0.5) is 5.69 Å². The van der Waals surface area contributed by atoms with Gasteiger partial charge in [-0.1, -0.05) is 26.0 Å². The van der Waals surface area contributed by atoms with Gasteiger partial charge in [-0.05, 0) is 31.4 Å². The summed E-state index contributed by atoms with van der Waals surface area (Å²) in [7, 11) is 0. The van der Waals surface area contributed by atoms with Gasteiger partial charge in [0.2, 0.25) is 5.91 Å². The van der Waals surface area contributed by atoms with E-state index >= 15 is 0 Å². The number of rotatable bonds is 7. The van der Waals surface area contributed by atoms with Crippen LogP contribution in [0.25, 0.3) is 0 Å². The number of hydrogen-bond donors (Lipinski definition) is 1. The van der Waals surface area contributed by atoms with E-state index < -0.39 is 0 Å². The van der Waals surface area contributed by atoms with E-state index in [-0.39, 0.29) is 12.0 Å². The van der Waals surface area contributed by atoms with Crippen molar-refractivity contribution >= 4 is 11.6 Å². The van der Waals surface area contributed by atoms with Crippen LogP contribution in [0.2, 0.25) is 0 Å². The third-order valence-electron chi connectivity index (χ3n) is 2.86. The van der Waals surface area contributed by atoms with Gasteiger partial charge in [-0.25, -0.2) is 0 Å². The van der Waals surface area contributed by atoms with Gasteiger partial charge in [0.25, 0.3) is 0 Å². The Labute approximate surface area is 120 Å². The van der Waals surface area contributed by atoms with Gasteiger partial charge in [0.1, 0.15) is 6.07 Å². The summed E-state index contributed by atoms with van der Waals surface area (Å²) in [5.41, 5.74) is 1.02. The van der Waals surface area contributed by atoms with Crippen molar-refractivity contribution in [3.63, 3.8) is 0 Å². The lowest BCUT2D eigenvalue weighted by atomic mass is 10.1.